The van der Waals surface area contributed by atoms with E-state index in [1.54, 1.807) is 12.2 Å². The molecule has 1 aromatic carbocycles. The molecule has 0 spiro atoms. The Morgan fingerprint density at radius 1 is 1.27 bits per heavy atom. The zero-order valence-electron chi connectivity index (χ0n) is 7.16. The maximum absolute atomic E-state index is 5.05. The van der Waals surface area contributed by atoms with Crippen molar-refractivity contribution in [3.63, 3.8) is 0 Å². The lowest BCUT2D eigenvalue weighted by atomic mass is 10.2. The predicted octanol–water partition coefficient (Wildman–Crippen LogP) is 1.99. The molecule has 60 valence electrons. The molecule has 0 fully saturated rings. The summed E-state index contributed by atoms with van der Waals surface area (Å²) < 4.78 is 0. The molecule has 0 unspecified atom stereocenters. The molecule has 0 N–H and O–H groups in total. The van der Waals surface area contributed by atoms with Gasteiger partial charge in [0, 0.05) is 7.05 Å². The molecule has 0 aliphatic rings. The lowest BCUT2D eigenvalue weighted by Crippen LogP contribution is -2.15. The summed E-state index contributed by atoms with van der Waals surface area (Å²) >= 11 is 0. The molecule has 0 radical (unpaired) electrons. The Hall–Kier alpha value is -1.02. The van der Waals surface area contributed by atoms with E-state index in [0.717, 1.165) is 5.69 Å². The predicted molar refractivity (Wildman–Crippen MR) is 46.6 cm³/mol. The van der Waals surface area contributed by atoms with Crippen molar-refractivity contribution in [3.8, 4) is 0 Å². The number of aryl methyl sites for hydroxylation is 1. The molecule has 11 heavy (non-hydrogen) atoms. The van der Waals surface area contributed by atoms with Gasteiger partial charge in [-0.25, -0.2) is 0 Å². The normalized spacial score (nSPS) is 9.73. The Morgan fingerprint density at radius 3 is 2.45 bits per heavy atom. The van der Waals surface area contributed by atoms with Crippen LogP contribution in [-0.2, 0) is 4.84 Å². The van der Waals surface area contributed by atoms with Gasteiger partial charge in [-0.2, -0.15) is 0 Å². The molecule has 0 saturated carbocycles. The van der Waals surface area contributed by atoms with Crippen molar-refractivity contribution < 1.29 is 4.84 Å². The van der Waals surface area contributed by atoms with Gasteiger partial charge in [-0.15, -0.1) is 0 Å². The average Bonchev–Trinajstić information content (AvgIpc) is 2.04. The molecule has 0 aliphatic heterocycles. The van der Waals surface area contributed by atoms with Crippen LogP contribution in [0.25, 0.3) is 0 Å². The Kier molecular flexibility index (Phi) is 2.49. The number of para-hydroxylation sites is 1. The van der Waals surface area contributed by atoms with E-state index in [1.165, 1.54) is 5.56 Å². The number of benzene rings is 1. The van der Waals surface area contributed by atoms with Crippen LogP contribution in [0.3, 0.4) is 0 Å². The van der Waals surface area contributed by atoms with Gasteiger partial charge in [-0.1, -0.05) is 18.2 Å². The first-order valence-electron chi connectivity index (χ1n) is 3.59. The Balaban J connectivity index is 2.93. The molecule has 0 atom stereocenters. The molecular formula is C9H13NO. The first-order valence-corrected chi connectivity index (χ1v) is 3.59. The van der Waals surface area contributed by atoms with Gasteiger partial charge in [-0.05, 0) is 18.6 Å². The van der Waals surface area contributed by atoms with E-state index in [2.05, 4.69) is 13.0 Å². The molecule has 0 saturated heterocycles. The van der Waals surface area contributed by atoms with Crippen molar-refractivity contribution in [1.29, 1.82) is 0 Å². The van der Waals surface area contributed by atoms with Crippen LogP contribution < -0.4 is 5.06 Å². The smallest absolute Gasteiger partial charge is 0.0662 e. The van der Waals surface area contributed by atoms with Gasteiger partial charge < -0.3 is 0 Å². The zero-order valence-corrected chi connectivity index (χ0v) is 7.16. The van der Waals surface area contributed by atoms with Crippen LogP contribution in [0.4, 0.5) is 5.69 Å². The second kappa shape index (κ2) is 3.39. The van der Waals surface area contributed by atoms with Crippen LogP contribution in [0, 0.1) is 6.92 Å². The highest BCUT2D eigenvalue weighted by molar-refractivity contribution is 5.50. The molecule has 1 aromatic rings. The summed E-state index contributed by atoms with van der Waals surface area (Å²) in [6.45, 7) is 2.06. The SMILES string of the molecule is CON(C)c1ccccc1C. The standard InChI is InChI=1S/C9H13NO/c1-8-6-4-5-7-9(8)10(2)11-3/h4-7H,1-3H3. The van der Waals surface area contributed by atoms with Crippen LogP contribution >= 0.6 is 0 Å². The quantitative estimate of drug-likeness (QED) is 0.599. The van der Waals surface area contributed by atoms with Crippen molar-refractivity contribution in [3.05, 3.63) is 29.8 Å². The highest BCUT2D eigenvalue weighted by atomic mass is 16.7. The van der Waals surface area contributed by atoms with Gasteiger partial charge in [0.15, 0.2) is 0 Å². The maximum Gasteiger partial charge on any atom is 0.0662 e. The summed E-state index contributed by atoms with van der Waals surface area (Å²) in [6, 6.07) is 8.10. The van der Waals surface area contributed by atoms with Gasteiger partial charge in [0.1, 0.15) is 0 Å². The third kappa shape index (κ3) is 1.71. The van der Waals surface area contributed by atoms with E-state index in [9.17, 15) is 0 Å². The molecule has 0 amide bonds. The topological polar surface area (TPSA) is 12.5 Å². The molecular weight excluding hydrogens is 138 g/mol. The molecule has 0 aliphatic carbocycles. The van der Waals surface area contributed by atoms with E-state index in [0.29, 0.717) is 0 Å². The van der Waals surface area contributed by atoms with Gasteiger partial charge >= 0.3 is 0 Å². The van der Waals surface area contributed by atoms with Gasteiger partial charge in [0.05, 0.1) is 12.8 Å². The van der Waals surface area contributed by atoms with Crippen LogP contribution in [0.2, 0.25) is 0 Å². The lowest BCUT2D eigenvalue weighted by molar-refractivity contribution is 0.184. The minimum Gasteiger partial charge on any atom is -0.277 e. The molecule has 1 rings (SSSR count). The van der Waals surface area contributed by atoms with Crippen molar-refractivity contribution in [2.75, 3.05) is 19.2 Å². The zero-order chi connectivity index (χ0) is 8.27. The second-order valence-electron chi connectivity index (χ2n) is 2.47. The summed E-state index contributed by atoms with van der Waals surface area (Å²) in [5, 5.41) is 1.75. The number of hydrogen-bond acceptors (Lipinski definition) is 2. The van der Waals surface area contributed by atoms with Crippen LogP contribution in [0.15, 0.2) is 24.3 Å². The number of hydrogen-bond donors (Lipinski definition) is 0. The van der Waals surface area contributed by atoms with Crippen molar-refractivity contribution in [2.45, 2.75) is 6.92 Å². The lowest BCUT2D eigenvalue weighted by Gasteiger charge is -2.17. The first-order chi connectivity index (χ1) is 5.25. The van der Waals surface area contributed by atoms with Crippen molar-refractivity contribution >= 4 is 5.69 Å². The summed E-state index contributed by atoms with van der Waals surface area (Å²) in [6.07, 6.45) is 0. The third-order valence-corrected chi connectivity index (χ3v) is 1.73. The van der Waals surface area contributed by atoms with E-state index in [4.69, 9.17) is 4.84 Å². The Bertz CT molecular complexity index is 235. The Labute approximate surface area is 67.4 Å². The van der Waals surface area contributed by atoms with Crippen molar-refractivity contribution in [1.82, 2.24) is 0 Å². The fourth-order valence-corrected chi connectivity index (χ4v) is 1.02. The summed E-state index contributed by atoms with van der Waals surface area (Å²) in [4.78, 5) is 5.05. The first kappa shape index (κ1) is 8.08. The molecule has 2 nitrogen and oxygen atoms in total. The highest BCUT2D eigenvalue weighted by Gasteiger charge is 2.00. The summed E-state index contributed by atoms with van der Waals surface area (Å²) in [5.74, 6) is 0. The number of rotatable bonds is 2. The molecule has 2 heteroatoms. The fourth-order valence-electron chi connectivity index (χ4n) is 1.02. The summed E-state index contributed by atoms with van der Waals surface area (Å²) in [5.41, 5.74) is 2.33. The van der Waals surface area contributed by atoms with Gasteiger partial charge in [0.2, 0.25) is 0 Å². The van der Waals surface area contributed by atoms with Gasteiger partial charge in [-0.3, -0.25) is 9.90 Å². The molecule has 0 heterocycles. The van der Waals surface area contributed by atoms with E-state index in [-0.39, 0.29) is 0 Å². The average molecular weight is 151 g/mol. The monoisotopic (exact) mass is 151 g/mol. The minimum atomic E-state index is 1.11. The van der Waals surface area contributed by atoms with E-state index < -0.39 is 0 Å². The third-order valence-electron chi connectivity index (χ3n) is 1.73. The Morgan fingerprint density at radius 2 is 1.91 bits per heavy atom. The van der Waals surface area contributed by atoms with Crippen LogP contribution in [0.1, 0.15) is 5.56 Å². The minimum absolute atomic E-state index is 1.11. The second-order valence-corrected chi connectivity index (χ2v) is 2.47. The largest absolute Gasteiger partial charge is 0.277 e. The number of anilines is 1. The van der Waals surface area contributed by atoms with E-state index >= 15 is 0 Å². The molecule has 0 bridgehead atoms. The van der Waals surface area contributed by atoms with Gasteiger partial charge in [0.25, 0.3) is 0 Å². The highest BCUT2D eigenvalue weighted by Crippen LogP contribution is 2.16. The van der Waals surface area contributed by atoms with Crippen LogP contribution in [0.5, 0.6) is 0 Å². The van der Waals surface area contributed by atoms with E-state index in [1.807, 2.05) is 25.2 Å². The number of nitrogens with zero attached hydrogens (tertiary/aromatic N) is 1. The maximum atomic E-state index is 5.05. The molecule has 0 aromatic heterocycles. The number of hydroxylamine groups is 1. The fraction of sp³-hybridized carbons (Fsp3) is 0.333. The van der Waals surface area contributed by atoms with Crippen LogP contribution in [-0.4, -0.2) is 14.2 Å². The summed E-state index contributed by atoms with van der Waals surface area (Å²) in [7, 11) is 3.55. The van der Waals surface area contributed by atoms with Crippen molar-refractivity contribution in [2.24, 2.45) is 0 Å².